The summed E-state index contributed by atoms with van der Waals surface area (Å²) in [7, 11) is 0. The highest BCUT2D eigenvalue weighted by atomic mass is 35.5. The van der Waals surface area contributed by atoms with Gasteiger partial charge in [0.1, 0.15) is 5.82 Å². The first kappa shape index (κ1) is 15.9. The number of aryl methyl sites for hydroxylation is 1. The number of nitrogens with one attached hydrogen (secondary N) is 1. The van der Waals surface area contributed by atoms with E-state index in [2.05, 4.69) is 23.3 Å². The van der Waals surface area contributed by atoms with Gasteiger partial charge in [-0.05, 0) is 61.7 Å². The molecule has 0 saturated heterocycles. The SMILES string of the molecule is CCCNC(Cc1ccc(F)cc1Cl)c1ccnc(C)c1. The van der Waals surface area contributed by atoms with Crippen LogP contribution in [0.5, 0.6) is 0 Å². The van der Waals surface area contributed by atoms with Gasteiger partial charge < -0.3 is 5.32 Å². The van der Waals surface area contributed by atoms with Gasteiger partial charge in [0.05, 0.1) is 0 Å². The maximum atomic E-state index is 13.2. The Morgan fingerprint density at radius 1 is 1.29 bits per heavy atom. The van der Waals surface area contributed by atoms with E-state index in [-0.39, 0.29) is 11.9 Å². The molecule has 1 aromatic carbocycles. The van der Waals surface area contributed by atoms with Crippen molar-refractivity contribution in [2.75, 3.05) is 6.54 Å². The average molecular weight is 307 g/mol. The average Bonchev–Trinajstić information content (AvgIpc) is 2.45. The standard InChI is InChI=1S/C17H20ClFN2/c1-3-7-21-17(14-6-8-20-12(2)9-14)10-13-4-5-15(19)11-16(13)18/h4-6,8-9,11,17,21H,3,7,10H2,1-2H3. The lowest BCUT2D eigenvalue weighted by Crippen LogP contribution is -2.24. The van der Waals surface area contributed by atoms with E-state index >= 15 is 0 Å². The number of nitrogens with zero attached hydrogens (tertiary/aromatic N) is 1. The highest BCUT2D eigenvalue weighted by molar-refractivity contribution is 6.31. The number of halogens is 2. The maximum absolute atomic E-state index is 13.2. The molecule has 1 aromatic heterocycles. The van der Waals surface area contributed by atoms with Crippen LogP contribution in [0.15, 0.2) is 36.5 Å². The van der Waals surface area contributed by atoms with Gasteiger partial charge in [0.15, 0.2) is 0 Å². The summed E-state index contributed by atoms with van der Waals surface area (Å²) in [6.45, 7) is 5.03. The zero-order valence-electron chi connectivity index (χ0n) is 12.4. The van der Waals surface area contributed by atoms with Crippen LogP contribution in [0, 0.1) is 12.7 Å². The molecule has 0 fully saturated rings. The van der Waals surface area contributed by atoms with E-state index in [0.29, 0.717) is 5.02 Å². The van der Waals surface area contributed by atoms with Crippen LogP contribution in [0.1, 0.15) is 36.2 Å². The smallest absolute Gasteiger partial charge is 0.124 e. The summed E-state index contributed by atoms with van der Waals surface area (Å²) < 4.78 is 13.2. The Labute approximate surface area is 130 Å². The topological polar surface area (TPSA) is 24.9 Å². The Kier molecular flexibility index (Phi) is 5.71. The molecule has 0 bridgehead atoms. The molecule has 112 valence electrons. The minimum Gasteiger partial charge on any atom is -0.310 e. The predicted octanol–water partition coefficient (Wildman–Crippen LogP) is 4.47. The van der Waals surface area contributed by atoms with Crippen LogP contribution in [0.3, 0.4) is 0 Å². The fourth-order valence-electron chi connectivity index (χ4n) is 2.32. The minimum atomic E-state index is -0.304. The van der Waals surface area contributed by atoms with Crippen molar-refractivity contribution in [1.29, 1.82) is 0 Å². The van der Waals surface area contributed by atoms with Gasteiger partial charge in [0.25, 0.3) is 0 Å². The van der Waals surface area contributed by atoms with Gasteiger partial charge in [-0.3, -0.25) is 4.98 Å². The van der Waals surface area contributed by atoms with Crippen LogP contribution < -0.4 is 5.32 Å². The summed E-state index contributed by atoms with van der Waals surface area (Å²) in [6.07, 6.45) is 3.60. The third-order valence-corrected chi connectivity index (χ3v) is 3.75. The summed E-state index contributed by atoms with van der Waals surface area (Å²) >= 11 is 6.15. The molecular formula is C17H20ClFN2. The number of hydrogen-bond donors (Lipinski definition) is 1. The van der Waals surface area contributed by atoms with Crippen molar-refractivity contribution in [2.45, 2.75) is 32.7 Å². The molecule has 0 saturated carbocycles. The summed E-state index contributed by atoms with van der Waals surface area (Å²) in [6, 6.07) is 8.81. The van der Waals surface area contributed by atoms with E-state index in [4.69, 9.17) is 11.6 Å². The van der Waals surface area contributed by atoms with Gasteiger partial charge in [0, 0.05) is 23.0 Å². The van der Waals surface area contributed by atoms with E-state index in [1.54, 1.807) is 6.07 Å². The van der Waals surface area contributed by atoms with E-state index in [1.165, 1.54) is 17.7 Å². The molecular weight excluding hydrogens is 287 g/mol. The molecule has 1 heterocycles. The molecule has 1 N–H and O–H groups in total. The molecule has 2 aromatic rings. The van der Waals surface area contributed by atoms with E-state index in [9.17, 15) is 4.39 Å². The Morgan fingerprint density at radius 3 is 2.76 bits per heavy atom. The van der Waals surface area contributed by atoms with Crippen molar-refractivity contribution in [3.63, 3.8) is 0 Å². The van der Waals surface area contributed by atoms with Crippen LogP contribution in [0.2, 0.25) is 5.02 Å². The zero-order chi connectivity index (χ0) is 15.2. The molecule has 1 atom stereocenters. The van der Waals surface area contributed by atoms with Gasteiger partial charge in [-0.1, -0.05) is 24.6 Å². The van der Waals surface area contributed by atoms with Crippen LogP contribution in [-0.4, -0.2) is 11.5 Å². The van der Waals surface area contributed by atoms with Gasteiger partial charge in [-0.15, -0.1) is 0 Å². The number of benzene rings is 1. The Morgan fingerprint density at radius 2 is 2.10 bits per heavy atom. The van der Waals surface area contributed by atoms with Crippen molar-refractivity contribution in [2.24, 2.45) is 0 Å². The first-order valence-corrected chi connectivity index (χ1v) is 7.57. The third-order valence-electron chi connectivity index (χ3n) is 3.40. The largest absolute Gasteiger partial charge is 0.310 e. The van der Waals surface area contributed by atoms with E-state index in [1.807, 2.05) is 19.2 Å². The fraction of sp³-hybridized carbons (Fsp3) is 0.353. The van der Waals surface area contributed by atoms with Crippen molar-refractivity contribution in [3.8, 4) is 0 Å². The third kappa shape index (κ3) is 4.51. The molecule has 0 radical (unpaired) electrons. The zero-order valence-corrected chi connectivity index (χ0v) is 13.1. The second-order valence-electron chi connectivity index (χ2n) is 5.18. The highest BCUT2D eigenvalue weighted by Gasteiger charge is 2.14. The Bertz CT molecular complexity index is 601. The summed E-state index contributed by atoms with van der Waals surface area (Å²) in [5.41, 5.74) is 3.11. The second kappa shape index (κ2) is 7.53. The van der Waals surface area contributed by atoms with Crippen LogP contribution in [0.25, 0.3) is 0 Å². The summed E-state index contributed by atoms with van der Waals surface area (Å²) in [5.74, 6) is -0.304. The minimum absolute atomic E-state index is 0.148. The molecule has 0 aliphatic heterocycles. The molecule has 0 spiro atoms. The molecule has 0 amide bonds. The van der Waals surface area contributed by atoms with Gasteiger partial charge in [-0.25, -0.2) is 4.39 Å². The molecule has 1 unspecified atom stereocenters. The van der Waals surface area contributed by atoms with Gasteiger partial charge in [-0.2, -0.15) is 0 Å². The quantitative estimate of drug-likeness (QED) is 0.852. The number of pyridine rings is 1. The van der Waals surface area contributed by atoms with Crippen molar-refractivity contribution >= 4 is 11.6 Å². The summed E-state index contributed by atoms with van der Waals surface area (Å²) in [4.78, 5) is 4.24. The number of aromatic nitrogens is 1. The van der Waals surface area contributed by atoms with Crippen molar-refractivity contribution in [1.82, 2.24) is 10.3 Å². The maximum Gasteiger partial charge on any atom is 0.124 e. The van der Waals surface area contributed by atoms with Crippen LogP contribution >= 0.6 is 11.6 Å². The van der Waals surface area contributed by atoms with Crippen molar-refractivity contribution in [3.05, 3.63) is 64.2 Å². The fourth-order valence-corrected chi connectivity index (χ4v) is 2.56. The van der Waals surface area contributed by atoms with Crippen LogP contribution in [0.4, 0.5) is 4.39 Å². The van der Waals surface area contributed by atoms with Gasteiger partial charge >= 0.3 is 0 Å². The first-order chi connectivity index (χ1) is 10.1. The second-order valence-corrected chi connectivity index (χ2v) is 5.58. The lowest BCUT2D eigenvalue weighted by Gasteiger charge is -2.20. The van der Waals surface area contributed by atoms with E-state index < -0.39 is 0 Å². The summed E-state index contributed by atoms with van der Waals surface area (Å²) in [5, 5.41) is 4.00. The van der Waals surface area contributed by atoms with Crippen LogP contribution in [-0.2, 0) is 6.42 Å². The molecule has 0 aliphatic rings. The van der Waals surface area contributed by atoms with E-state index in [0.717, 1.165) is 30.6 Å². The predicted molar refractivity (Wildman–Crippen MR) is 85.1 cm³/mol. The number of rotatable bonds is 6. The Balaban J connectivity index is 2.23. The molecule has 21 heavy (non-hydrogen) atoms. The normalized spacial score (nSPS) is 12.4. The highest BCUT2D eigenvalue weighted by Crippen LogP contribution is 2.24. The molecule has 2 rings (SSSR count). The Hall–Kier alpha value is -1.45. The molecule has 4 heteroatoms. The van der Waals surface area contributed by atoms with Crippen molar-refractivity contribution < 1.29 is 4.39 Å². The molecule has 0 aliphatic carbocycles. The van der Waals surface area contributed by atoms with Gasteiger partial charge in [0.2, 0.25) is 0 Å². The lowest BCUT2D eigenvalue weighted by molar-refractivity contribution is 0.528. The number of hydrogen-bond acceptors (Lipinski definition) is 2. The monoisotopic (exact) mass is 306 g/mol. The lowest BCUT2D eigenvalue weighted by atomic mass is 9.99. The first-order valence-electron chi connectivity index (χ1n) is 7.20. The molecule has 2 nitrogen and oxygen atoms in total.